The first-order valence-electron chi connectivity index (χ1n) is 7.87. The molecule has 0 unspecified atom stereocenters. The van der Waals surface area contributed by atoms with E-state index in [1.165, 1.54) is 25.3 Å². The molecule has 1 aromatic heterocycles. The van der Waals surface area contributed by atoms with Crippen molar-refractivity contribution in [1.29, 1.82) is 0 Å². The molecule has 0 amide bonds. The van der Waals surface area contributed by atoms with E-state index in [1.54, 1.807) is 6.07 Å². The molecule has 0 saturated heterocycles. The summed E-state index contributed by atoms with van der Waals surface area (Å²) >= 11 is 6.25. The van der Waals surface area contributed by atoms with Crippen molar-refractivity contribution >= 4 is 22.7 Å². The van der Waals surface area contributed by atoms with Crippen molar-refractivity contribution in [1.82, 2.24) is 10.2 Å². The van der Waals surface area contributed by atoms with Crippen LogP contribution in [0.1, 0.15) is 17.0 Å². The van der Waals surface area contributed by atoms with E-state index in [9.17, 15) is 8.78 Å². The van der Waals surface area contributed by atoms with Crippen LogP contribution in [0.2, 0.25) is 0 Å². The number of aromatic nitrogens is 2. The highest BCUT2D eigenvalue weighted by Gasteiger charge is 2.14. The Morgan fingerprint density at radius 1 is 1.15 bits per heavy atom. The van der Waals surface area contributed by atoms with Crippen LogP contribution in [0.3, 0.4) is 0 Å². The molecule has 1 heterocycles. The van der Waals surface area contributed by atoms with Gasteiger partial charge < -0.3 is 13.9 Å². The van der Waals surface area contributed by atoms with Crippen molar-refractivity contribution in [3.63, 3.8) is 0 Å². The molecule has 0 aliphatic rings. The monoisotopic (exact) mass is 392 g/mol. The number of alkyl halides is 2. The lowest BCUT2D eigenvalue weighted by Crippen LogP contribution is -2.03. The Bertz CT molecular complexity index is 973. The van der Waals surface area contributed by atoms with Crippen LogP contribution in [-0.2, 0) is 0 Å². The minimum Gasteiger partial charge on any atom is -0.493 e. The molecule has 3 aromatic rings. The zero-order valence-corrected chi connectivity index (χ0v) is 15.2. The van der Waals surface area contributed by atoms with E-state index in [0.29, 0.717) is 11.5 Å². The lowest BCUT2D eigenvalue weighted by atomic mass is 10.1. The van der Waals surface area contributed by atoms with Crippen molar-refractivity contribution in [2.75, 3.05) is 7.11 Å². The summed E-state index contributed by atoms with van der Waals surface area (Å²) in [6.45, 7) is -1.02. The van der Waals surface area contributed by atoms with Crippen molar-refractivity contribution < 1.29 is 22.7 Å². The van der Waals surface area contributed by atoms with Gasteiger partial charge in [-0.2, -0.15) is 8.78 Å². The fraction of sp³-hybridized carbons (Fsp3) is 0.158. The third-order valence-electron chi connectivity index (χ3n) is 3.59. The summed E-state index contributed by atoms with van der Waals surface area (Å²) < 4.78 is 40.1. The van der Waals surface area contributed by atoms with Crippen molar-refractivity contribution in [3.8, 4) is 23.0 Å². The molecule has 2 aromatic carbocycles. The SMILES string of the molecule is COc1ccc(/C=C(\Cl)c2nnc(-c3cccc(C)c3)o2)cc1OC(F)F. The van der Waals surface area contributed by atoms with Crippen LogP contribution >= 0.6 is 11.6 Å². The minimum atomic E-state index is -2.97. The Kier molecular flexibility index (Phi) is 5.71. The van der Waals surface area contributed by atoms with Gasteiger partial charge in [-0.05, 0) is 42.8 Å². The van der Waals surface area contributed by atoms with Gasteiger partial charge in [-0.1, -0.05) is 35.4 Å². The molecule has 0 radical (unpaired) electrons. The van der Waals surface area contributed by atoms with Gasteiger partial charge in [0.05, 0.1) is 7.11 Å². The normalized spacial score (nSPS) is 11.7. The van der Waals surface area contributed by atoms with E-state index in [0.717, 1.165) is 11.1 Å². The molecule has 140 valence electrons. The second-order valence-electron chi connectivity index (χ2n) is 5.56. The molecule has 0 bridgehead atoms. The highest BCUT2D eigenvalue weighted by molar-refractivity contribution is 6.50. The molecule has 5 nitrogen and oxygen atoms in total. The summed E-state index contributed by atoms with van der Waals surface area (Å²) in [5.41, 5.74) is 2.33. The van der Waals surface area contributed by atoms with Crippen molar-refractivity contribution in [2.24, 2.45) is 0 Å². The lowest BCUT2D eigenvalue weighted by Gasteiger charge is -2.10. The molecular weight excluding hydrogens is 378 g/mol. The Morgan fingerprint density at radius 2 is 1.96 bits per heavy atom. The number of hydrogen-bond acceptors (Lipinski definition) is 5. The fourth-order valence-electron chi connectivity index (χ4n) is 2.39. The van der Waals surface area contributed by atoms with E-state index in [-0.39, 0.29) is 22.4 Å². The number of benzene rings is 2. The standard InChI is InChI=1S/C19H15ClF2N2O3/c1-11-4-3-5-13(8-11)17-23-24-18(27-17)14(20)9-12-6-7-15(25-2)16(10-12)26-19(21)22/h3-10,19H,1-2H3/b14-9-. The maximum Gasteiger partial charge on any atom is 0.387 e. The molecule has 3 rings (SSSR count). The number of rotatable bonds is 6. The third-order valence-corrected chi connectivity index (χ3v) is 3.86. The maximum atomic E-state index is 12.5. The van der Waals surface area contributed by atoms with E-state index >= 15 is 0 Å². The largest absolute Gasteiger partial charge is 0.493 e. The van der Waals surface area contributed by atoms with Gasteiger partial charge in [0.2, 0.25) is 5.89 Å². The average molecular weight is 393 g/mol. The molecule has 0 saturated carbocycles. The Labute approximate surface area is 159 Å². The summed E-state index contributed by atoms with van der Waals surface area (Å²) in [6, 6.07) is 12.1. The molecule has 27 heavy (non-hydrogen) atoms. The zero-order chi connectivity index (χ0) is 19.4. The molecule has 0 aliphatic carbocycles. The predicted octanol–water partition coefficient (Wildman–Crippen LogP) is 5.39. The topological polar surface area (TPSA) is 57.4 Å². The molecule has 0 aliphatic heterocycles. The Hall–Kier alpha value is -2.93. The Morgan fingerprint density at radius 3 is 2.67 bits per heavy atom. The number of nitrogens with zero attached hydrogens (tertiary/aromatic N) is 2. The highest BCUT2D eigenvalue weighted by Crippen LogP contribution is 2.32. The van der Waals surface area contributed by atoms with Crippen LogP contribution in [0.15, 0.2) is 46.9 Å². The molecule has 8 heteroatoms. The second-order valence-corrected chi connectivity index (χ2v) is 5.97. The van der Waals surface area contributed by atoms with Gasteiger partial charge in [-0.3, -0.25) is 0 Å². The van der Waals surface area contributed by atoms with Gasteiger partial charge in [0.1, 0.15) is 5.03 Å². The van der Waals surface area contributed by atoms with Gasteiger partial charge in [0, 0.05) is 5.56 Å². The van der Waals surface area contributed by atoms with Crippen LogP contribution in [-0.4, -0.2) is 23.9 Å². The minimum absolute atomic E-state index is 0.100. The molecule has 0 N–H and O–H groups in total. The molecule has 0 spiro atoms. The number of methoxy groups -OCH3 is 1. The van der Waals surface area contributed by atoms with E-state index in [4.69, 9.17) is 20.8 Å². The molecule has 0 atom stereocenters. The van der Waals surface area contributed by atoms with E-state index in [1.807, 2.05) is 31.2 Å². The number of aryl methyl sites for hydroxylation is 1. The van der Waals surface area contributed by atoms with Crippen LogP contribution in [0.5, 0.6) is 11.5 Å². The smallest absolute Gasteiger partial charge is 0.387 e. The first kappa shape index (κ1) is 18.8. The van der Waals surface area contributed by atoms with Gasteiger partial charge in [0.15, 0.2) is 11.5 Å². The van der Waals surface area contributed by atoms with Gasteiger partial charge in [-0.15, -0.1) is 10.2 Å². The van der Waals surface area contributed by atoms with E-state index in [2.05, 4.69) is 14.9 Å². The highest BCUT2D eigenvalue weighted by atomic mass is 35.5. The summed E-state index contributed by atoms with van der Waals surface area (Å²) in [7, 11) is 1.36. The third kappa shape index (κ3) is 4.62. The first-order valence-corrected chi connectivity index (χ1v) is 8.25. The Balaban J connectivity index is 1.87. The maximum absolute atomic E-state index is 12.5. The van der Waals surface area contributed by atoms with Gasteiger partial charge in [0.25, 0.3) is 5.89 Å². The second kappa shape index (κ2) is 8.18. The first-order chi connectivity index (χ1) is 13.0. The quantitative estimate of drug-likeness (QED) is 0.562. The number of halogens is 3. The number of hydrogen-bond donors (Lipinski definition) is 0. The van der Waals surface area contributed by atoms with Crippen molar-refractivity contribution in [2.45, 2.75) is 13.5 Å². The van der Waals surface area contributed by atoms with Crippen LogP contribution in [0.4, 0.5) is 8.78 Å². The van der Waals surface area contributed by atoms with Gasteiger partial charge in [-0.25, -0.2) is 0 Å². The van der Waals surface area contributed by atoms with Crippen molar-refractivity contribution in [3.05, 3.63) is 59.5 Å². The molecule has 0 fully saturated rings. The zero-order valence-electron chi connectivity index (χ0n) is 14.4. The fourth-order valence-corrected chi connectivity index (χ4v) is 2.60. The van der Waals surface area contributed by atoms with Gasteiger partial charge >= 0.3 is 6.61 Å². The summed E-state index contributed by atoms with van der Waals surface area (Å²) in [4.78, 5) is 0. The van der Waals surface area contributed by atoms with Crippen LogP contribution in [0, 0.1) is 6.92 Å². The number of ether oxygens (including phenoxy) is 2. The summed E-state index contributed by atoms with van der Waals surface area (Å²) in [6.07, 6.45) is 1.51. The molecular formula is C19H15ClF2N2O3. The van der Waals surface area contributed by atoms with Crippen LogP contribution in [0.25, 0.3) is 22.6 Å². The summed E-state index contributed by atoms with van der Waals surface area (Å²) in [5, 5.41) is 8.08. The van der Waals surface area contributed by atoms with Crippen LogP contribution < -0.4 is 9.47 Å². The predicted molar refractivity (Wildman–Crippen MR) is 97.8 cm³/mol. The average Bonchev–Trinajstić information content (AvgIpc) is 3.12. The van der Waals surface area contributed by atoms with E-state index < -0.39 is 6.61 Å². The summed E-state index contributed by atoms with van der Waals surface area (Å²) in [5.74, 6) is 0.525. The lowest BCUT2D eigenvalue weighted by molar-refractivity contribution is -0.0512.